The number of rotatable bonds is 2. The van der Waals surface area contributed by atoms with Gasteiger partial charge in [0.05, 0.1) is 12.3 Å². The van der Waals surface area contributed by atoms with Crippen molar-refractivity contribution in [2.45, 2.75) is 32.2 Å². The smallest absolute Gasteiger partial charge is 0.252 e. The van der Waals surface area contributed by atoms with E-state index in [1.807, 2.05) is 31.2 Å². The van der Waals surface area contributed by atoms with E-state index in [0.29, 0.717) is 0 Å². The first kappa shape index (κ1) is 13.4. The Morgan fingerprint density at radius 2 is 2.25 bits per heavy atom. The highest BCUT2D eigenvalue weighted by atomic mass is 79.9. The van der Waals surface area contributed by atoms with Crippen LogP contribution in [0.15, 0.2) is 39.4 Å². The highest BCUT2D eigenvalue weighted by Gasteiger charge is 2.24. The Hall–Kier alpha value is -1.55. The molecule has 1 heterocycles. The summed E-state index contributed by atoms with van der Waals surface area (Å²) in [5, 5.41) is 3.13. The standard InChI is InChI=1S/C16H16BrNO2/c1-10-11(4-2-5-13(10)17)16(19)18-14-6-3-7-15-12(14)8-9-20-15/h2,4-5,8-9,14H,3,6-7H2,1H3,(H,18,19). The molecule has 1 aromatic carbocycles. The molecule has 20 heavy (non-hydrogen) atoms. The molecule has 0 radical (unpaired) electrons. The van der Waals surface area contributed by atoms with Gasteiger partial charge in [-0.15, -0.1) is 0 Å². The van der Waals surface area contributed by atoms with E-state index in [9.17, 15) is 4.79 Å². The van der Waals surface area contributed by atoms with Gasteiger partial charge in [0.1, 0.15) is 5.76 Å². The fraction of sp³-hybridized carbons (Fsp3) is 0.312. The quantitative estimate of drug-likeness (QED) is 0.896. The normalized spacial score (nSPS) is 17.6. The summed E-state index contributed by atoms with van der Waals surface area (Å²) >= 11 is 3.46. The molecule has 3 rings (SSSR count). The van der Waals surface area contributed by atoms with Gasteiger partial charge < -0.3 is 9.73 Å². The molecule has 1 aliphatic carbocycles. The van der Waals surface area contributed by atoms with Crippen molar-refractivity contribution in [3.63, 3.8) is 0 Å². The minimum atomic E-state index is -0.0251. The summed E-state index contributed by atoms with van der Waals surface area (Å²) in [6.45, 7) is 1.95. The molecule has 2 aromatic rings. The van der Waals surface area contributed by atoms with Crippen molar-refractivity contribution >= 4 is 21.8 Å². The molecule has 0 saturated heterocycles. The van der Waals surface area contributed by atoms with Crippen LogP contribution in [-0.4, -0.2) is 5.91 Å². The Labute approximate surface area is 126 Å². The maximum absolute atomic E-state index is 12.5. The number of benzene rings is 1. The average molecular weight is 334 g/mol. The van der Waals surface area contributed by atoms with Crippen molar-refractivity contribution in [2.75, 3.05) is 0 Å². The summed E-state index contributed by atoms with van der Waals surface area (Å²) < 4.78 is 6.41. The molecular formula is C16H16BrNO2. The third kappa shape index (κ3) is 2.40. The van der Waals surface area contributed by atoms with Gasteiger partial charge in [-0.05, 0) is 43.5 Å². The molecule has 0 bridgehead atoms. The molecule has 0 fully saturated rings. The predicted molar refractivity (Wildman–Crippen MR) is 80.7 cm³/mol. The Kier molecular flexibility index (Phi) is 3.66. The summed E-state index contributed by atoms with van der Waals surface area (Å²) in [4.78, 5) is 12.5. The minimum Gasteiger partial charge on any atom is -0.469 e. The van der Waals surface area contributed by atoms with E-state index in [4.69, 9.17) is 4.42 Å². The lowest BCUT2D eigenvalue weighted by molar-refractivity contribution is 0.0931. The van der Waals surface area contributed by atoms with E-state index in [-0.39, 0.29) is 11.9 Å². The SMILES string of the molecule is Cc1c(Br)cccc1C(=O)NC1CCCc2occc21. The maximum Gasteiger partial charge on any atom is 0.252 e. The first-order valence-corrected chi connectivity index (χ1v) is 7.58. The van der Waals surface area contributed by atoms with Crippen LogP contribution in [-0.2, 0) is 6.42 Å². The van der Waals surface area contributed by atoms with Crippen LogP contribution in [0.2, 0.25) is 0 Å². The van der Waals surface area contributed by atoms with E-state index in [1.54, 1.807) is 6.26 Å². The second kappa shape index (κ2) is 5.44. The molecule has 1 aromatic heterocycles. The van der Waals surface area contributed by atoms with Gasteiger partial charge in [-0.3, -0.25) is 4.79 Å². The van der Waals surface area contributed by atoms with Crippen molar-refractivity contribution in [1.82, 2.24) is 5.32 Å². The average Bonchev–Trinajstić information content (AvgIpc) is 2.91. The number of fused-ring (bicyclic) bond motifs is 1. The van der Waals surface area contributed by atoms with Crippen LogP contribution < -0.4 is 5.32 Å². The van der Waals surface area contributed by atoms with E-state index >= 15 is 0 Å². The molecule has 4 heteroatoms. The third-order valence-corrected chi connectivity index (χ3v) is 4.73. The molecule has 104 valence electrons. The fourth-order valence-electron chi connectivity index (χ4n) is 2.73. The topological polar surface area (TPSA) is 42.2 Å². The number of furan rings is 1. The van der Waals surface area contributed by atoms with E-state index in [2.05, 4.69) is 21.2 Å². The first-order chi connectivity index (χ1) is 9.66. The zero-order chi connectivity index (χ0) is 14.1. The van der Waals surface area contributed by atoms with Crippen molar-refractivity contribution in [1.29, 1.82) is 0 Å². The third-order valence-electron chi connectivity index (χ3n) is 3.87. The largest absolute Gasteiger partial charge is 0.469 e. The second-order valence-electron chi connectivity index (χ2n) is 5.13. The van der Waals surface area contributed by atoms with Crippen LogP contribution in [0.3, 0.4) is 0 Å². The van der Waals surface area contributed by atoms with Crippen LogP contribution in [0.1, 0.15) is 46.1 Å². The van der Waals surface area contributed by atoms with Gasteiger partial charge in [0, 0.05) is 22.0 Å². The van der Waals surface area contributed by atoms with Crippen LogP contribution >= 0.6 is 15.9 Å². The maximum atomic E-state index is 12.5. The number of carbonyl (C=O) groups excluding carboxylic acids is 1. The van der Waals surface area contributed by atoms with E-state index in [0.717, 1.165) is 46.2 Å². The lowest BCUT2D eigenvalue weighted by Gasteiger charge is -2.23. The van der Waals surface area contributed by atoms with Crippen molar-refractivity contribution < 1.29 is 9.21 Å². The number of amides is 1. The highest BCUT2D eigenvalue weighted by Crippen LogP contribution is 2.31. The number of carbonyl (C=O) groups is 1. The Morgan fingerprint density at radius 3 is 3.10 bits per heavy atom. The molecule has 1 N–H and O–H groups in total. The Bertz CT molecular complexity index is 648. The monoisotopic (exact) mass is 333 g/mol. The second-order valence-corrected chi connectivity index (χ2v) is 5.98. The summed E-state index contributed by atoms with van der Waals surface area (Å²) in [6, 6.07) is 7.71. The van der Waals surface area contributed by atoms with E-state index in [1.165, 1.54) is 0 Å². The first-order valence-electron chi connectivity index (χ1n) is 6.79. The summed E-state index contributed by atoms with van der Waals surface area (Å²) in [7, 11) is 0. The Morgan fingerprint density at radius 1 is 1.40 bits per heavy atom. The molecule has 1 atom stereocenters. The van der Waals surface area contributed by atoms with Gasteiger partial charge in [0.15, 0.2) is 0 Å². The molecular weight excluding hydrogens is 318 g/mol. The number of hydrogen-bond donors (Lipinski definition) is 1. The molecule has 0 spiro atoms. The summed E-state index contributed by atoms with van der Waals surface area (Å²) in [5.74, 6) is 0.982. The van der Waals surface area contributed by atoms with Gasteiger partial charge in [-0.2, -0.15) is 0 Å². The molecule has 1 unspecified atom stereocenters. The zero-order valence-corrected chi connectivity index (χ0v) is 12.9. The highest BCUT2D eigenvalue weighted by molar-refractivity contribution is 9.10. The van der Waals surface area contributed by atoms with Crippen molar-refractivity contribution in [3.8, 4) is 0 Å². The molecule has 3 nitrogen and oxygen atoms in total. The van der Waals surface area contributed by atoms with Gasteiger partial charge in [0.25, 0.3) is 5.91 Å². The number of aryl methyl sites for hydroxylation is 1. The molecule has 0 saturated carbocycles. The van der Waals surface area contributed by atoms with Crippen molar-refractivity contribution in [2.24, 2.45) is 0 Å². The minimum absolute atomic E-state index is 0.0251. The number of nitrogens with one attached hydrogen (secondary N) is 1. The fourth-order valence-corrected chi connectivity index (χ4v) is 3.09. The zero-order valence-electron chi connectivity index (χ0n) is 11.3. The van der Waals surface area contributed by atoms with Gasteiger partial charge in [0.2, 0.25) is 0 Å². The summed E-state index contributed by atoms with van der Waals surface area (Å²) in [6.07, 6.45) is 4.68. The van der Waals surface area contributed by atoms with Gasteiger partial charge in [-0.25, -0.2) is 0 Å². The molecule has 1 aliphatic rings. The van der Waals surface area contributed by atoms with Crippen molar-refractivity contribution in [3.05, 3.63) is 57.5 Å². The van der Waals surface area contributed by atoms with Crippen LogP contribution in [0.4, 0.5) is 0 Å². The van der Waals surface area contributed by atoms with Crippen LogP contribution in [0, 0.1) is 6.92 Å². The lowest BCUT2D eigenvalue weighted by atomic mass is 9.93. The van der Waals surface area contributed by atoms with Crippen LogP contribution in [0.25, 0.3) is 0 Å². The van der Waals surface area contributed by atoms with Gasteiger partial charge in [-0.1, -0.05) is 22.0 Å². The van der Waals surface area contributed by atoms with Crippen LogP contribution in [0.5, 0.6) is 0 Å². The van der Waals surface area contributed by atoms with E-state index < -0.39 is 0 Å². The molecule has 1 amide bonds. The predicted octanol–water partition coefficient (Wildman–Crippen LogP) is 4.16. The number of hydrogen-bond acceptors (Lipinski definition) is 2. The summed E-state index contributed by atoms with van der Waals surface area (Å²) in [5.41, 5.74) is 2.81. The Balaban J connectivity index is 1.83. The number of halogens is 1. The molecule has 0 aliphatic heterocycles. The van der Waals surface area contributed by atoms with Gasteiger partial charge >= 0.3 is 0 Å². The lowest BCUT2D eigenvalue weighted by Crippen LogP contribution is -2.31.